The summed E-state index contributed by atoms with van der Waals surface area (Å²) < 4.78 is 25.5. The van der Waals surface area contributed by atoms with E-state index in [1.807, 2.05) is 12.1 Å². The molecule has 1 N–H and O–H groups in total. The first kappa shape index (κ1) is 19.0. The van der Waals surface area contributed by atoms with Crippen molar-refractivity contribution in [2.75, 3.05) is 13.7 Å². The van der Waals surface area contributed by atoms with E-state index in [0.29, 0.717) is 28.6 Å². The second kappa shape index (κ2) is 9.25. The van der Waals surface area contributed by atoms with E-state index < -0.39 is 0 Å². The van der Waals surface area contributed by atoms with Gasteiger partial charge in [0.05, 0.1) is 12.1 Å². The minimum absolute atomic E-state index is 0.229. The van der Waals surface area contributed by atoms with Crippen LogP contribution in [-0.4, -0.2) is 13.7 Å². The average molecular weight is 417 g/mol. The summed E-state index contributed by atoms with van der Waals surface area (Å²) in [5.41, 5.74) is 1.69. The van der Waals surface area contributed by atoms with E-state index in [9.17, 15) is 4.39 Å². The molecule has 3 nitrogen and oxygen atoms in total. The van der Waals surface area contributed by atoms with E-state index in [0.717, 1.165) is 23.0 Å². The number of rotatable bonds is 8. The van der Waals surface area contributed by atoms with Crippen molar-refractivity contribution < 1.29 is 13.9 Å². The maximum atomic E-state index is 13.2. The monoisotopic (exact) mass is 415 g/mol. The van der Waals surface area contributed by atoms with Crippen LogP contribution in [0.4, 0.5) is 4.39 Å². The lowest BCUT2D eigenvalue weighted by molar-refractivity contribution is 0.280. The third-order valence-corrected chi connectivity index (χ3v) is 4.60. The van der Waals surface area contributed by atoms with Crippen LogP contribution in [0.5, 0.6) is 11.5 Å². The molecule has 0 radical (unpaired) electrons. The number of hydrogen-bond acceptors (Lipinski definition) is 3. The maximum Gasteiger partial charge on any atom is 0.167 e. The summed E-state index contributed by atoms with van der Waals surface area (Å²) in [7, 11) is 1.60. The van der Waals surface area contributed by atoms with Crippen LogP contribution in [0.3, 0.4) is 0 Å². The van der Waals surface area contributed by atoms with E-state index in [4.69, 9.17) is 21.1 Å². The van der Waals surface area contributed by atoms with E-state index in [2.05, 4.69) is 28.2 Å². The van der Waals surface area contributed by atoms with Gasteiger partial charge in [0.1, 0.15) is 12.4 Å². The van der Waals surface area contributed by atoms with Gasteiger partial charge in [-0.2, -0.15) is 0 Å². The molecule has 0 spiro atoms. The molecule has 0 aromatic heterocycles. The molecule has 0 saturated heterocycles. The van der Waals surface area contributed by atoms with Crippen molar-refractivity contribution in [3.8, 4) is 11.5 Å². The average Bonchev–Trinajstić information content (AvgIpc) is 2.56. The van der Waals surface area contributed by atoms with Gasteiger partial charge in [0, 0.05) is 22.1 Å². The Labute approximate surface area is 155 Å². The van der Waals surface area contributed by atoms with Gasteiger partial charge in [0.25, 0.3) is 0 Å². The predicted octanol–water partition coefficient (Wildman–Crippen LogP) is 5.33. The van der Waals surface area contributed by atoms with E-state index in [1.54, 1.807) is 13.2 Å². The largest absolute Gasteiger partial charge is 0.493 e. The molecule has 0 aliphatic carbocycles. The minimum Gasteiger partial charge on any atom is -0.493 e. The van der Waals surface area contributed by atoms with Gasteiger partial charge in [0.15, 0.2) is 11.5 Å². The van der Waals surface area contributed by atoms with Crippen molar-refractivity contribution in [2.45, 2.75) is 26.5 Å². The topological polar surface area (TPSA) is 30.5 Å². The molecule has 0 atom stereocenters. The summed E-state index contributed by atoms with van der Waals surface area (Å²) in [5, 5.41) is 3.70. The Bertz CT molecular complexity index is 697. The summed E-state index contributed by atoms with van der Waals surface area (Å²) in [5.74, 6) is 0.925. The summed E-state index contributed by atoms with van der Waals surface area (Å²) in [4.78, 5) is 0. The molecule has 130 valence electrons. The lowest BCUT2D eigenvalue weighted by atomic mass is 10.1. The first-order chi connectivity index (χ1) is 11.6. The van der Waals surface area contributed by atoms with E-state index in [1.165, 1.54) is 12.1 Å². The zero-order valence-electron chi connectivity index (χ0n) is 13.7. The first-order valence-corrected chi connectivity index (χ1v) is 8.86. The van der Waals surface area contributed by atoms with Crippen LogP contribution in [0, 0.1) is 5.82 Å². The number of nitrogens with one attached hydrogen (secondary N) is 1. The van der Waals surface area contributed by atoms with Crippen LogP contribution in [0.25, 0.3) is 0 Å². The lowest BCUT2D eigenvalue weighted by Crippen LogP contribution is -2.15. The van der Waals surface area contributed by atoms with Gasteiger partial charge in [-0.25, -0.2) is 4.39 Å². The summed E-state index contributed by atoms with van der Waals surface area (Å²) in [6.07, 6.45) is 1.04. The molecule has 2 rings (SSSR count). The molecule has 0 unspecified atom stereocenters. The SMILES string of the molecule is CCCNCc1c(Br)ccc(OC)c1OCc1ccc(F)cc1Cl. The highest BCUT2D eigenvalue weighted by Gasteiger charge is 2.15. The molecular formula is C18H20BrClFNO2. The molecule has 2 aromatic rings. The number of ether oxygens (including phenoxy) is 2. The molecule has 0 amide bonds. The molecule has 6 heteroatoms. The minimum atomic E-state index is -0.367. The van der Waals surface area contributed by atoms with Crippen LogP contribution in [-0.2, 0) is 13.2 Å². The predicted molar refractivity (Wildman–Crippen MR) is 98.4 cm³/mol. The standard InChI is InChI=1S/C18H20BrClFNO2/c1-3-8-22-10-14-15(19)6-7-17(23-2)18(14)24-11-12-4-5-13(21)9-16(12)20/h4-7,9,22H,3,8,10-11H2,1-2H3. The Morgan fingerprint density at radius 3 is 2.71 bits per heavy atom. The van der Waals surface area contributed by atoms with Crippen molar-refractivity contribution in [3.05, 3.63) is 56.8 Å². The fourth-order valence-corrected chi connectivity index (χ4v) is 2.92. The Morgan fingerprint density at radius 1 is 1.25 bits per heavy atom. The van der Waals surface area contributed by atoms with E-state index in [-0.39, 0.29) is 12.4 Å². The fraction of sp³-hybridized carbons (Fsp3) is 0.333. The van der Waals surface area contributed by atoms with Crippen LogP contribution in [0.15, 0.2) is 34.8 Å². The molecule has 24 heavy (non-hydrogen) atoms. The van der Waals surface area contributed by atoms with Gasteiger partial charge in [-0.1, -0.05) is 40.5 Å². The number of methoxy groups -OCH3 is 1. The second-order valence-corrected chi connectivity index (χ2v) is 6.52. The number of benzene rings is 2. The quantitative estimate of drug-likeness (QED) is 0.590. The van der Waals surface area contributed by atoms with Crippen LogP contribution < -0.4 is 14.8 Å². The molecule has 0 fully saturated rings. The Hall–Kier alpha value is -1.30. The van der Waals surface area contributed by atoms with Crippen molar-refractivity contribution in [1.29, 1.82) is 0 Å². The van der Waals surface area contributed by atoms with Crippen molar-refractivity contribution in [2.24, 2.45) is 0 Å². The van der Waals surface area contributed by atoms with Gasteiger partial charge < -0.3 is 14.8 Å². The zero-order chi connectivity index (χ0) is 17.5. The molecule has 0 heterocycles. The molecular weight excluding hydrogens is 397 g/mol. The lowest BCUT2D eigenvalue weighted by Gasteiger charge is -2.17. The van der Waals surface area contributed by atoms with Crippen LogP contribution >= 0.6 is 27.5 Å². The second-order valence-electron chi connectivity index (χ2n) is 5.26. The smallest absolute Gasteiger partial charge is 0.167 e. The molecule has 0 aliphatic rings. The first-order valence-electron chi connectivity index (χ1n) is 7.69. The highest BCUT2D eigenvalue weighted by Crippen LogP contribution is 2.37. The Balaban J connectivity index is 2.24. The summed E-state index contributed by atoms with van der Waals surface area (Å²) in [6, 6.07) is 8.04. The normalized spacial score (nSPS) is 10.7. The Morgan fingerprint density at radius 2 is 2.04 bits per heavy atom. The van der Waals surface area contributed by atoms with Crippen molar-refractivity contribution in [1.82, 2.24) is 5.32 Å². The van der Waals surface area contributed by atoms with Crippen LogP contribution in [0.1, 0.15) is 24.5 Å². The third kappa shape index (κ3) is 4.85. The molecule has 0 saturated carbocycles. The molecule has 0 aliphatic heterocycles. The highest BCUT2D eigenvalue weighted by molar-refractivity contribution is 9.10. The third-order valence-electron chi connectivity index (χ3n) is 3.50. The van der Waals surface area contributed by atoms with Gasteiger partial charge in [-0.15, -0.1) is 0 Å². The molecule has 2 aromatic carbocycles. The zero-order valence-corrected chi connectivity index (χ0v) is 16.0. The van der Waals surface area contributed by atoms with Crippen molar-refractivity contribution >= 4 is 27.5 Å². The summed E-state index contributed by atoms with van der Waals surface area (Å²) >= 11 is 9.63. The highest BCUT2D eigenvalue weighted by atomic mass is 79.9. The van der Waals surface area contributed by atoms with Gasteiger partial charge in [-0.3, -0.25) is 0 Å². The van der Waals surface area contributed by atoms with Gasteiger partial charge in [-0.05, 0) is 37.2 Å². The molecule has 0 bridgehead atoms. The maximum absolute atomic E-state index is 13.2. The summed E-state index contributed by atoms with van der Waals surface area (Å²) in [6.45, 7) is 3.90. The number of halogens is 3. The van der Waals surface area contributed by atoms with Gasteiger partial charge in [0.2, 0.25) is 0 Å². The fourth-order valence-electron chi connectivity index (χ4n) is 2.24. The number of hydrogen-bond donors (Lipinski definition) is 1. The Kier molecular flexibility index (Phi) is 7.34. The van der Waals surface area contributed by atoms with Gasteiger partial charge >= 0.3 is 0 Å². The van der Waals surface area contributed by atoms with Crippen LogP contribution in [0.2, 0.25) is 5.02 Å². The van der Waals surface area contributed by atoms with Crippen molar-refractivity contribution in [3.63, 3.8) is 0 Å². The van der Waals surface area contributed by atoms with E-state index >= 15 is 0 Å².